The second-order valence-electron chi connectivity index (χ2n) is 5.11. The Hall–Kier alpha value is -1.91. The van der Waals surface area contributed by atoms with Crippen LogP contribution in [-0.4, -0.2) is 25.3 Å². The average Bonchev–Trinajstić information content (AvgIpc) is 2.95. The van der Waals surface area contributed by atoms with Gasteiger partial charge in [-0.2, -0.15) is 0 Å². The second-order valence-corrected chi connectivity index (χ2v) is 5.11. The normalized spacial score (nSPS) is 14.8. The molecule has 21 heavy (non-hydrogen) atoms. The Labute approximate surface area is 126 Å². The molecule has 0 spiro atoms. The summed E-state index contributed by atoms with van der Waals surface area (Å²) in [6.45, 7) is 4.71. The fraction of sp³-hybridized carbons (Fsp3) is 0.562. The van der Waals surface area contributed by atoms with Gasteiger partial charge in [-0.3, -0.25) is 5.32 Å². The van der Waals surface area contributed by atoms with Gasteiger partial charge in [-0.15, -0.1) is 0 Å². The van der Waals surface area contributed by atoms with Crippen molar-refractivity contribution in [2.75, 3.05) is 23.8 Å². The van der Waals surface area contributed by atoms with Crippen LogP contribution < -0.4 is 15.4 Å². The van der Waals surface area contributed by atoms with E-state index in [0.717, 1.165) is 30.0 Å². The molecule has 5 nitrogen and oxygen atoms in total. The lowest BCUT2D eigenvalue weighted by atomic mass is 10.2. The molecule has 2 rings (SSSR count). The van der Waals surface area contributed by atoms with Crippen molar-refractivity contribution in [1.82, 2.24) is 0 Å². The molecule has 5 heteroatoms. The van der Waals surface area contributed by atoms with E-state index in [1.54, 1.807) is 6.92 Å². The number of carbonyl (C=O) groups is 1. The van der Waals surface area contributed by atoms with E-state index in [2.05, 4.69) is 10.6 Å². The number of hydrogen-bond donors (Lipinski definition) is 2. The predicted octanol–water partition coefficient (Wildman–Crippen LogP) is 4.01. The lowest BCUT2D eigenvalue weighted by molar-refractivity contribution is 0.168. The smallest absolute Gasteiger partial charge is 0.411 e. The second kappa shape index (κ2) is 7.76. The van der Waals surface area contributed by atoms with Crippen molar-refractivity contribution in [3.63, 3.8) is 0 Å². The molecule has 0 aromatic heterocycles. The summed E-state index contributed by atoms with van der Waals surface area (Å²) in [5, 5.41) is 6.28. The first-order valence-corrected chi connectivity index (χ1v) is 7.70. The Bertz CT molecular complexity index is 471. The number of hydrogen-bond acceptors (Lipinski definition) is 4. The van der Waals surface area contributed by atoms with Crippen molar-refractivity contribution < 1.29 is 14.3 Å². The van der Waals surface area contributed by atoms with Crippen molar-refractivity contribution in [2.24, 2.45) is 0 Å². The van der Waals surface area contributed by atoms with Crippen molar-refractivity contribution >= 4 is 17.5 Å². The Morgan fingerprint density at radius 3 is 2.62 bits per heavy atom. The van der Waals surface area contributed by atoms with Crippen LogP contribution in [0.1, 0.15) is 39.5 Å². The Kier molecular flexibility index (Phi) is 5.72. The van der Waals surface area contributed by atoms with Crippen LogP contribution >= 0.6 is 0 Å². The van der Waals surface area contributed by atoms with E-state index in [1.165, 1.54) is 12.8 Å². The molecule has 0 aliphatic heterocycles. The van der Waals surface area contributed by atoms with Crippen LogP contribution in [0, 0.1) is 0 Å². The molecule has 1 aromatic carbocycles. The van der Waals surface area contributed by atoms with Crippen LogP contribution in [0.5, 0.6) is 5.75 Å². The van der Waals surface area contributed by atoms with Crippen LogP contribution in [0.4, 0.5) is 16.2 Å². The molecule has 0 bridgehead atoms. The highest BCUT2D eigenvalue weighted by Gasteiger charge is 2.17. The molecule has 0 atom stereocenters. The number of nitrogens with one attached hydrogen (secondary N) is 2. The van der Waals surface area contributed by atoms with Gasteiger partial charge in [-0.25, -0.2) is 4.79 Å². The van der Waals surface area contributed by atoms with E-state index in [9.17, 15) is 4.79 Å². The van der Waals surface area contributed by atoms with Gasteiger partial charge in [0.2, 0.25) is 0 Å². The van der Waals surface area contributed by atoms with Crippen molar-refractivity contribution in [1.29, 1.82) is 0 Å². The average molecular weight is 292 g/mol. The topological polar surface area (TPSA) is 59.6 Å². The fourth-order valence-corrected chi connectivity index (χ4v) is 2.58. The Morgan fingerprint density at radius 2 is 1.95 bits per heavy atom. The van der Waals surface area contributed by atoms with Gasteiger partial charge in [-0.1, -0.05) is 12.8 Å². The summed E-state index contributed by atoms with van der Waals surface area (Å²) in [4.78, 5) is 11.6. The molecule has 0 radical (unpaired) electrons. The predicted molar refractivity (Wildman–Crippen MR) is 84.1 cm³/mol. The quantitative estimate of drug-likeness (QED) is 0.831. The molecule has 0 heterocycles. The Balaban J connectivity index is 2.14. The van der Waals surface area contributed by atoms with E-state index >= 15 is 0 Å². The number of ether oxygens (including phenoxy) is 2. The zero-order valence-corrected chi connectivity index (χ0v) is 12.8. The zero-order valence-electron chi connectivity index (χ0n) is 12.8. The van der Waals surface area contributed by atoms with E-state index < -0.39 is 6.09 Å². The highest BCUT2D eigenvalue weighted by Crippen LogP contribution is 2.31. The summed E-state index contributed by atoms with van der Waals surface area (Å²) in [7, 11) is 0. The molecule has 1 aliphatic carbocycles. The maximum atomic E-state index is 11.6. The molecule has 0 unspecified atom stereocenters. The largest absolute Gasteiger partial charge is 0.494 e. The highest BCUT2D eigenvalue weighted by molar-refractivity contribution is 5.89. The van der Waals surface area contributed by atoms with E-state index in [1.807, 2.05) is 25.1 Å². The number of rotatable bonds is 6. The summed E-state index contributed by atoms with van der Waals surface area (Å²) in [5.74, 6) is 0.799. The first-order chi connectivity index (χ1) is 10.2. The first-order valence-electron chi connectivity index (χ1n) is 7.70. The van der Waals surface area contributed by atoms with Gasteiger partial charge < -0.3 is 14.8 Å². The number of amides is 1. The maximum Gasteiger partial charge on any atom is 0.411 e. The van der Waals surface area contributed by atoms with E-state index in [4.69, 9.17) is 9.47 Å². The molecule has 1 amide bonds. The third-order valence-electron chi connectivity index (χ3n) is 3.53. The van der Waals surface area contributed by atoms with Crippen molar-refractivity contribution in [2.45, 2.75) is 45.6 Å². The van der Waals surface area contributed by atoms with Crippen LogP contribution in [-0.2, 0) is 4.74 Å². The number of anilines is 2. The summed E-state index contributed by atoms with van der Waals surface area (Å²) < 4.78 is 10.5. The molecule has 1 aliphatic rings. The van der Waals surface area contributed by atoms with Gasteiger partial charge in [0.25, 0.3) is 0 Å². The fourth-order valence-electron chi connectivity index (χ4n) is 2.58. The summed E-state index contributed by atoms with van der Waals surface area (Å²) >= 11 is 0. The molecule has 2 N–H and O–H groups in total. The van der Waals surface area contributed by atoms with Gasteiger partial charge in [0.05, 0.1) is 24.6 Å². The highest BCUT2D eigenvalue weighted by atomic mass is 16.5. The SMILES string of the molecule is CCOC(=O)Nc1ccc(OCC)cc1NC1CCCC1. The molecule has 1 saturated carbocycles. The van der Waals surface area contributed by atoms with E-state index in [-0.39, 0.29) is 0 Å². The molecular formula is C16H24N2O3. The third-order valence-corrected chi connectivity index (χ3v) is 3.53. The van der Waals surface area contributed by atoms with Gasteiger partial charge in [0, 0.05) is 12.1 Å². The molecule has 1 aromatic rings. The standard InChI is InChI=1S/C16H24N2O3/c1-3-20-13-9-10-14(18-16(19)21-4-2)15(11-13)17-12-7-5-6-8-12/h9-12,17H,3-8H2,1-2H3,(H,18,19). The third kappa shape index (κ3) is 4.55. The Morgan fingerprint density at radius 1 is 1.19 bits per heavy atom. The lowest BCUT2D eigenvalue weighted by Crippen LogP contribution is -2.18. The first kappa shape index (κ1) is 15.5. The summed E-state index contributed by atoms with van der Waals surface area (Å²) in [6.07, 6.45) is 4.40. The minimum absolute atomic E-state index is 0.355. The minimum Gasteiger partial charge on any atom is -0.494 e. The van der Waals surface area contributed by atoms with Gasteiger partial charge in [-0.05, 0) is 38.8 Å². The monoisotopic (exact) mass is 292 g/mol. The number of benzene rings is 1. The van der Waals surface area contributed by atoms with Crippen LogP contribution in [0.25, 0.3) is 0 Å². The molecule has 116 valence electrons. The lowest BCUT2D eigenvalue weighted by Gasteiger charge is -2.18. The van der Waals surface area contributed by atoms with Crippen LogP contribution in [0.3, 0.4) is 0 Å². The molecule has 0 saturated heterocycles. The summed E-state index contributed by atoms with van der Waals surface area (Å²) in [5.41, 5.74) is 1.62. The zero-order chi connectivity index (χ0) is 15.1. The van der Waals surface area contributed by atoms with Crippen LogP contribution in [0.15, 0.2) is 18.2 Å². The van der Waals surface area contributed by atoms with Gasteiger partial charge in [0.15, 0.2) is 0 Å². The maximum absolute atomic E-state index is 11.6. The summed E-state index contributed by atoms with van der Waals surface area (Å²) in [6, 6.07) is 6.10. The van der Waals surface area contributed by atoms with Gasteiger partial charge >= 0.3 is 6.09 Å². The van der Waals surface area contributed by atoms with Crippen molar-refractivity contribution in [3.8, 4) is 5.75 Å². The molecule has 1 fully saturated rings. The number of carbonyl (C=O) groups excluding carboxylic acids is 1. The van der Waals surface area contributed by atoms with Gasteiger partial charge in [0.1, 0.15) is 5.75 Å². The van der Waals surface area contributed by atoms with Crippen LogP contribution in [0.2, 0.25) is 0 Å². The molecular weight excluding hydrogens is 268 g/mol. The van der Waals surface area contributed by atoms with E-state index in [0.29, 0.717) is 19.3 Å². The van der Waals surface area contributed by atoms with Crippen molar-refractivity contribution in [3.05, 3.63) is 18.2 Å². The minimum atomic E-state index is -0.434.